The molecule has 1 aromatic carbocycles. The van der Waals surface area contributed by atoms with Crippen molar-refractivity contribution in [1.82, 2.24) is 10.2 Å². The van der Waals surface area contributed by atoms with E-state index in [0.717, 1.165) is 57.1 Å². The van der Waals surface area contributed by atoms with E-state index in [2.05, 4.69) is 26.6 Å². The lowest BCUT2D eigenvalue weighted by molar-refractivity contribution is -0.139. The molecule has 1 aromatic rings. The highest BCUT2D eigenvalue weighted by atomic mass is 79.9. The fourth-order valence-electron chi connectivity index (χ4n) is 7.27. The summed E-state index contributed by atoms with van der Waals surface area (Å²) in [6.07, 6.45) is 9.37. The number of fused-ring (bicyclic) bond motifs is 1. The van der Waals surface area contributed by atoms with Crippen molar-refractivity contribution in [3.63, 3.8) is 0 Å². The Hall–Kier alpha value is -1.78. The van der Waals surface area contributed by atoms with E-state index in [4.69, 9.17) is 9.84 Å². The van der Waals surface area contributed by atoms with E-state index in [1.165, 1.54) is 6.42 Å². The average Bonchev–Trinajstić information content (AvgIpc) is 3.53. The molecule has 1 spiro atoms. The second-order valence-electron chi connectivity index (χ2n) is 11.6. The van der Waals surface area contributed by atoms with Crippen LogP contribution < -0.4 is 15.4 Å². The van der Waals surface area contributed by atoms with Crippen LogP contribution in [0.2, 0.25) is 0 Å². The van der Waals surface area contributed by atoms with Gasteiger partial charge in [0.2, 0.25) is 17.7 Å². The summed E-state index contributed by atoms with van der Waals surface area (Å²) < 4.78 is 4.90. The van der Waals surface area contributed by atoms with E-state index in [1.807, 2.05) is 31.2 Å². The van der Waals surface area contributed by atoms with E-state index < -0.39 is 22.6 Å². The van der Waals surface area contributed by atoms with Crippen LogP contribution in [0.5, 0.6) is 5.75 Å². The highest BCUT2D eigenvalue weighted by Gasteiger charge is 2.75. The largest absolute Gasteiger partial charge is 0.494 e. The van der Waals surface area contributed by atoms with E-state index in [9.17, 15) is 14.4 Å². The Bertz CT molecular complexity index is 1070. The molecule has 3 heterocycles. The molecule has 10 heteroatoms. The van der Waals surface area contributed by atoms with Crippen LogP contribution in [0.15, 0.2) is 24.3 Å². The topological polar surface area (TPSA) is 108 Å². The predicted octanol–water partition coefficient (Wildman–Crippen LogP) is 4.49. The van der Waals surface area contributed by atoms with Crippen molar-refractivity contribution in [1.29, 1.82) is 0 Å². The minimum Gasteiger partial charge on any atom is -0.494 e. The molecule has 220 valence electrons. The molecule has 0 radical (unpaired) electrons. The van der Waals surface area contributed by atoms with Gasteiger partial charge in [0, 0.05) is 35.0 Å². The van der Waals surface area contributed by atoms with Crippen LogP contribution in [-0.2, 0) is 14.4 Å². The van der Waals surface area contributed by atoms with Crippen LogP contribution in [0.3, 0.4) is 0 Å². The number of likely N-dealkylation sites (tertiary alicyclic amines) is 1. The molecule has 0 aromatic heterocycles. The van der Waals surface area contributed by atoms with Crippen molar-refractivity contribution in [2.45, 2.75) is 98.0 Å². The van der Waals surface area contributed by atoms with Gasteiger partial charge in [-0.1, -0.05) is 48.0 Å². The number of alkyl halides is 1. The molecule has 4 aliphatic rings. The number of rotatable bonds is 12. The van der Waals surface area contributed by atoms with Crippen molar-refractivity contribution < 1.29 is 24.2 Å². The molecule has 3 N–H and O–H groups in total. The Balaban J connectivity index is 1.38. The van der Waals surface area contributed by atoms with Gasteiger partial charge in [-0.3, -0.25) is 14.4 Å². The quantitative estimate of drug-likeness (QED) is 0.231. The number of thioether (sulfide) groups is 1. The Kier molecular flexibility index (Phi) is 9.67. The maximum Gasteiger partial charge on any atom is 0.244 e. The number of nitrogens with zero attached hydrogens (tertiary/aromatic N) is 1. The number of amides is 3. The molecular weight excluding hydrogens is 594 g/mol. The van der Waals surface area contributed by atoms with Crippen molar-refractivity contribution in [3.8, 4) is 5.75 Å². The minimum atomic E-state index is -0.624. The number of hydrogen-bond acceptors (Lipinski definition) is 6. The van der Waals surface area contributed by atoms with Gasteiger partial charge >= 0.3 is 0 Å². The van der Waals surface area contributed by atoms with Gasteiger partial charge in [0.25, 0.3) is 0 Å². The van der Waals surface area contributed by atoms with Gasteiger partial charge in [-0.2, -0.15) is 0 Å². The minimum absolute atomic E-state index is 0.0483. The molecule has 40 heavy (non-hydrogen) atoms. The number of carbonyl (C=O) groups is 3. The lowest BCUT2D eigenvalue weighted by Crippen LogP contribution is -2.56. The standard InChI is InChI=1S/C30H42BrN3O5S/c1-2-39-21-14-12-20(13-15-21)32-27(36)23-24-29(38)34(16-8-3-4-9-17-35)26(30(24)18-22(31)25(23)40-30)28(37)33-19-10-6-5-7-11-19/h12-15,19,22-26,35H,2-11,16-18H2,1H3,(H,32,36)(H,33,37)/t22?,23-,24-,25-,26?,30?/m0/s1. The van der Waals surface area contributed by atoms with E-state index in [0.29, 0.717) is 25.3 Å². The first-order valence-electron chi connectivity index (χ1n) is 15.0. The van der Waals surface area contributed by atoms with Gasteiger partial charge in [0.1, 0.15) is 11.8 Å². The van der Waals surface area contributed by atoms with E-state index in [1.54, 1.807) is 16.7 Å². The van der Waals surface area contributed by atoms with Crippen LogP contribution in [0.4, 0.5) is 5.69 Å². The summed E-state index contributed by atoms with van der Waals surface area (Å²) in [6.45, 7) is 3.15. The number of hydrogen-bond donors (Lipinski definition) is 3. The maximum atomic E-state index is 14.2. The first-order chi connectivity index (χ1) is 19.4. The highest BCUT2D eigenvalue weighted by molar-refractivity contribution is 9.09. The van der Waals surface area contributed by atoms with Gasteiger partial charge in [0.15, 0.2) is 0 Å². The third kappa shape index (κ3) is 5.77. The summed E-state index contributed by atoms with van der Waals surface area (Å²) in [5, 5.41) is 15.4. The zero-order valence-electron chi connectivity index (χ0n) is 23.3. The van der Waals surface area contributed by atoms with Gasteiger partial charge in [-0.25, -0.2) is 0 Å². The number of carbonyl (C=O) groups excluding carboxylic acids is 3. The lowest BCUT2D eigenvalue weighted by Gasteiger charge is -2.36. The number of unbranched alkanes of at least 4 members (excludes halogenated alkanes) is 3. The second kappa shape index (κ2) is 13.0. The molecule has 3 unspecified atom stereocenters. The number of anilines is 1. The molecule has 1 saturated carbocycles. The van der Waals surface area contributed by atoms with Crippen molar-refractivity contribution >= 4 is 51.1 Å². The normalized spacial score (nSPS) is 31.3. The molecule has 5 rings (SSSR count). The Morgan fingerprint density at radius 2 is 1.82 bits per heavy atom. The number of aliphatic hydroxyl groups is 1. The number of aliphatic hydroxyl groups excluding tert-OH is 1. The fraction of sp³-hybridized carbons (Fsp3) is 0.700. The summed E-state index contributed by atoms with van der Waals surface area (Å²) in [5.74, 6) is -0.596. The van der Waals surface area contributed by atoms with E-state index >= 15 is 0 Å². The van der Waals surface area contributed by atoms with Gasteiger partial charge in [-0.05, 0) is 63.3 Å². The number of nitrogens with one attached hydrogen (secondary N) is 2. The van der Waals surface area contributed by atoms with Crippen LogP contribution in [0.1, 0.15) is 71.1 Å². The zero-order valence-corrected chi connectivity index (χ0v) is 25.7. The van der Waals surface area contributed by atoms with Crippen LogP contribution >= 0.6 is 27.7 Å². The fourth-order valence-corrected chi connectivity index (χ4v) is 10.9. The second-order valence-corrected chi connectivity index (χ2v) is 14.3. The number of halogens is 1. The summed E-state index contributed by atoms with van der Waals surface area (Å²) >= 11 is 5.52. The number of ether oxygens (including phenoxy) is 1. The maximum absolute atomic E-state index is 14.2. The van der Waals surface area contributed by atoms with Crippen molar-refractivity contribution in [2.24, 2.45) is 11.8 Å². The van der Waals surface area contributed by atoms with Gasteiger partial charge in [0.05, 0.1) is 23.2 Å². The first-order valence-corrected chi connectivity index (χ1v) is 16.8. The molecule has 3 saturated heterocycles. The molecular formula is C30H42BrN3O5S. The third-order valence-corrected chi connectivity index (χ3v) is 12.3. The Morgan fingerprint density at radius 1 is 1.10 bits per heavy atom. The predicted molar refractivity (Wildman–Crippen MR) is 161 cm³/mol. The zero-order chi connectivity index (χ0) is 28.3. The van der Waals surface area contributed by atoms with Crippen molar-refractivity contribution in [3.05, 3.63) is 24.3 Å². The van der Waals surface area contributed by atoms with Crippen LogP contribution in [0, 0.1) is 11.8 Å². The van der Waals surface area contributed by atoms with Gasteiger partial charge < -0.3 is 25.4 Å². The SMILES string of the molecule is CCOc1ccc(NC(=O)[C@H]2[C@H]3C(=O)N(CCCCCCO)C(C(=O)NC4CCCCC4)C34CC(Br)[C@@H]2S4)cc1. The summed E-state index contributed by atoms with van der Waals surface area (Å²) in [5.41, 5.74) is 0.666. The lowest BCUT2D eigenvalue weighted by atomic mass is 9.70. The van der Waals surface area contributed by atoms with Crippen LogP contribution in [0.25, 0.3) is 0 Å². The molecule has 2 bridgehead atoms. The van der Waals surface area contributed by atoms with Crippen molar-refractivity contribution in [2.75, 3.05) is 25.1 Å². The molecule has 3 amide bonds. The average molecular weight is 637 g/mol. The molecule has 4 fully saturated rings. The Morgan fingerprint density at radius 3 is 2.52 bits per heavy atom. The number of benzene rings is 1. The third-order valence-electron chi connectivity index (χ3n) is 9.03. The monoisotopic (exact) mass is 635 g/mol. The molecule has 6 atom stereocenters. The summed E-state index contributed by atoms with van der Waals surface area (Å²) in [7, 11) is 0. The molecule has 8 nitrogen and oxygen atoms in total. The molecule has 1 aliphatic carbocycles. The van der Waals surface area contributed by atoms with Gasteiger partial charge in [-0.15, -0.1) is 11.8 Å². The van der Waals surface area contributed by atoms with E-state index in [-0.39, 0.29) is 40.4 Å². The highest BCUT2D eigenvalue weighted by Crippen LogP contribution is 2.67. The Labute approximate surface area is 249 Å². The molecule has 3 aliphatic heterocycles. The summed E-state index contributed by atoms with van der Waals surface area (Å²) in [6, 6.07) is 6.87. The van der Waals surface area contributed by atoms with Crippen LogP contribution in [-0.4, -0.2) is 74.4 Å². The smallest absolute Gasteiger partial charge is 0.244 e. The summed E-state index contributed by atoms with van der Waals surface area (Å²) in [4.78, 5) is 43.8. The first kappa shape index (κ1) is 29.7.